The third kappa shape index (κ3) is 2.48. The van der Waals surface area contributed by atoms with Crippen molar-refractivity contribution in [1.82, 2.24) is 15.3 Å². The summed E-state index contributed by atoms with van der Waals surface area (Å²) in [6, 6.07) is 4.63. The second-order valence-electron chi connectivity index (χ2n) is 4.91. The van der Waals surface area contributed by atoms with Gasteiger partial charge in [-0.05, 0) is 44.0 Å². The first-order chi connectivity index (χ1) is 8.81. The van der Waals surface area contributed by atoms with E-state index in [1.165, 1.54) is 25.0 Å². The first-order valence-electron chi connectivity index (χ1n) is 6.43. The van der Waals surface area contributed by atoms with Crippen LogP contribution in [0.1, 0.15) is 18.7 Å². The van der Waals surface area contributed by atoms with Crippen LogP contribution >= 0.6 is 0 Å². The predicted molar refractivity (Wildman–Crippen MR) is 68.8 cm³/mol. The van der Waals surface area contributed by atoms with Crippen molar-refractivity contribution in [3.05, 3.63) is 36.0 Å². The van der Waals surface area contributed by atoms with Gasteiger partial charge in [0.1, 0.15) is 11.6 Å². The third-order valence-corrected chi connectivity index (χ3v) is 3.46. The van der Waals surface area contributed by atoms with Crippen LogP contribution in [0.5, 0.6) is 0 Å². The highest BCUT2D eigenvalue weighted by Crippen LogP contribution is 2.17. The molecule has 0 bridgehead atoms. The summed E-state index contributed by atoms with van der Waals surface area (Å²) in [5.41, 5.74) is 0.698. The lowest BCUT2D eigenvalue weighted by atomic mass is 9.96. The number of hydrogen-bond donors (Lipinski definition) is 1. The maximum absolute atomic E-state index is 13.2. The van der Waals surface area contributed by atoms with Gasteiger partial charge in [0, 0.05) is 24.1 Å². The maximum atomic E-state index is 13.2. The molecule has 0 spiro atoms. The number of nitrogens with one attached hydrogen (secondary N) is 1. The second-order valence-corrected chi connectivity index (χ2v) is 4.91. The predicted octanol–water partition coefficient (Wildman–Crippen LogP) is 2.31. The smallest absolute Gasteiger partial charge is 0.129 e. The first kappa shape index (κ1) is 11.5. The number of halogens is 1. The van der Waals surface area contributed by atoms with Crippen LogP contribution in [0.3, 0.4) is 0 Å². The molecule has 1 fully saturated rings. The molecule has 1 aliphatic rings. The van der Waals surface area contributed by atoms with Crippen LogP contribution < -0.4 is 5.32 Å². The monoisotopic (exact) mass is 245 g/mol. The Balaban J connectivity index is 1.83. The summed E-state index contributed by atoms with van der Waals surface area (Å²) in [6.07, 6.45) is 5.09. The Labute approximate surface area is 105 Å². The highest BCUT2D eigenvalue weighted by Gasteiger charge is 2.15. The molecule has 1 aromatic heterocycles. The molecule has 0 amide bonds. The van der Waals surface area contributed by atoms with Gasteiger partial charge in [-0.2, -0.15) is 0 Å². The van der Waals surface area contributed by atoms with E-state index >= 15 is 0 Å². The molecular weight excluding hydrogens is 229 g/mol. The number of benzene rings is 1. The van der Waals surface area contributed by atoms with Gasteiger partial charge in [-0.3, -0.25) is 0 Å². The quantitative estimate of drug-likeness (QED) is 0.882. The fraction of sp³-hybridized carbons (Fsp3) is 0.429. The minimum atomic E-state index is -0.244. The normalized spacial score (nSPS) is 20.2. The lowest BCUT2D eigenvalue weighted by molar-refractivity contribution is 0.371. The number of nitrogens with zero attached hydrogens (tertiary/aromatic N) is 2. The topological polar surface area (TPSA) is 37.8 Å². The molecule has 94 valence electrons. The zero-order valence-corrected chi connectivity index (χ0v) is 10.2. The van der Waals surface area contributed by atoms with Gasteiger partial charge < -0.3 is 5.32 Å². The SMILES string of the molecule is Fc1ccc2cnc(CC3CCCNC3)nc2c1. The molecule has 1 atom stereocenters. The molecule has 18 heavy (non-hydrogen) atoms. The van der Waals surface area contributed by atoms with Gasteiger partial charge >= 0.3 is 0 Å². The zero-order chi connectivity index (χ0) is 12.4. The fourth-order valence-electron chi connectivity index (χ4n) is 2.49. The molecule has 1 aromatic carbocycles. The summed E-state index contributed by atoms with van der Waals surface area (Å²) in [5.74, 6) is 1.18. The highest BCUT2D eigenvalue weighted by atomic mass is 19.1. The van der Waals surface area contributed by atoms with E-state index < -0.39 is 0 Å². The minimum Gasteiger partial charge on any atom is -0.316 e. The number of hydrogen-bond acceptors (Lipinski definition) is 3. The average Bonchev–Trinajstić information content (AvgIpc) is 2.39. The largest absolute Gasteiger partial charge is 0.316 e. The van der Waals surface area contributed by atoms with E-state index in [1.54, 1.807) is 12.3 Å². The Morgan fingerprint density at radius 1 is 1.39 bits per heavy atom. The van der Waals surface area contributed by atoms with Crippen LogP contribution in [-0.2, 0) is 6.42 Å². The Morgan fingerprint density at radius 3 is 3.17 bits per heavy atom. The zero-order valence-electron chi connectivity index (χ0n) is 10.2. The van der Waals surface area contributed by atoms with E-state index in [9.17, 15) is 4.39 Å². The summed E-state index contributed by atoms with van der Waals surface area (Å²) >= 11 is 0. The van der Waals surface area contributed by atoms with Crippen molar-refractivity contribution < 1.29 is 4.39 Å². The number of piperidine rings is 1. The Kier molecular flexibility index (Phi) is 3.19. The van der Waals surface area contributed by atoms with Crippen molar-refractivity contribution in [3.63, 3.8) is 0 Å². The summed E-state index contributed by atoms with van der Waals surface area (Å²) in [7, 11) is 0. The van der Waals surface area contributed by atoms with E-state index in [0.717, 1.165) is 30.7 Å². The highest BCUT2D eigenvalue weighted by molar-refractivity contribution is 5.77. The molecular formula is C14H16FN3. The molecule has 0 saturated carbocycles. The summed E-state index contributed by atoms with van der Waals surface area (Å²) in [4.78, 5) is 8.82. The maximum Gasteiger partial charge on any atom is 0.129 e. The molecule has 1 unspecified atom stereocenters. The average molecular weight is 245 g/mol. The van der Waals surface area contributed by atoms with Gasteiger partial charge in [0.25, 0.3) is 0 Å². The number of fused-ring (bicyclic) bond motifs is 1. The molecule has 0 radical (unpaired) electrons. The molecule has 1 N–H and O–H groups in total. The standard InChI is InChI=1S/C14H16FN3/c15-12-4-3-11-9-17-14(18-13(11)7-12)6-10-2-1-5-16-8-10/h3-4,7,9-10,16H,1-2,5-6,8H2. The van der Waals surface area contributed by atoms with Crippen LogP contribution in [0.2, 0.25) is 0 Å². The summed E-state index contributed by atoms with van der Waals surface area (Å²) in [5, 5.41) is 4.28. The minimum absolute atomic E-state index is 0.244. The molecule has 1 saturated heterocycles. The number of rotatable bonds is 2. The summed E-state index contributed by atoms with van der Waals surface area (Å²) in [6.45, 7) is 2.14. The molecule has 2 aromatic rings. The van der Waals surface area contributed by atoms with Crippen LogP contribution in [0.25, 0.3) is 10.9 Å². The Morgan fingerprint density at radius 2 is 2.33 bits per heavy atom. The molecule has 3 nitrogen and oxygen atoms in total. The lowest BCUT2D eigenvalue weighted by Gasteiger charge is -2.21. The fourth-order valence-corrected chi connectivity index (χ4v) is 2.49. The van der Waals surface area contributed by atoms with Crippen molar-refractivity contribution in [2.45, 2.75) is 19.3 Å². The van der Waals surface area contributed by atoms with Crippen molar-refractivity contribution >= 4 is 10.9 Å². The van der Waals surface area contributed by atoms with Gasteiger partial charge in [-0.1, -0.05) is 0 Å². The van der Waals surface area contributed by atoms with E-state index in [4.69, 9.17) is 0 Å². The molecule has 1 aliphatic heterocycles. The van der Waals surface area contributed by atoms with Gasteiger partial charge in [-0.15, -0.1) is 0 Å². The first-order valence-corrected chi connectivity index (χ1v) is 6.43. The van der Waals surface area contributed by atoms with Gasteiger partial charge in [0.05, 0.1) is 5.52 Å². The van der Waals surface area contributed by atoms with Crippen LogP contribution in [0.4, 0.5) is 4.39 Å². The Hall–Kier alpha value is -1.55. The molecule has 3 rings (SSSR count). The van der Waals surface area contributed by atoms with Crippen molar-refractivity contribution in [1.29, 1.82) is 0 Å². The van der Waals surface area contributed by atoms with Crippen LogP contribution in [-0.4, -0.2) is 23.1 Å². The summed E-state index contributed by atoms with van der Waals surface area (Å²) < 4.78 is 13.2. The Bertz CT molecular complexity index is 550. The molecule has 2 heterocycles. The van der Waals surface area contributed by atoms with Crippen molar-refractivity contribution in [2.75, 3.05) is 13.1 Å². The van der Waals surface area contributed by atoms with Gasteiger partial charge in [-0.25, -0.2) is 14.4 Å². The molecule has 4 heteroatoms. The second kappa shape index (κ2) is 4.98. The van der Waals surface area contributed by atoms with Gasteiger partial charge in [0.15, 0.2) is 0 Å². The number of aromatic nitrogens is 2. The van der Waals surface area contributed by atoms with Crippen LogP contribution in [0.15, 0.2) is 24.4 Å². The molecule has 0 aliphatic carbocycles. The van der Waals surface area contributed by atoms with E-state index in [2.05, 4.69) is 15.3 Å². The third-order valence-electron chi connectivity index (χ3n) is 3.46. The van der Waals surface area contributed by atoms with Crippen molar-refractivity contribution in [3.8, 4) is 0 Å². The van der Waals surface area contributed by atoms with Crippen LogP contribution in [0, 0.1) is 11.7 Å². The van der Waals surface area contributed by atoms with E-state index in [0.29, 0.717) is 11.4 Å². The van der Waals surface area contributed by atoms with Gasteiger partial charge in [0.2, 0.25) is 0 Å². The van der Waals surface area contributed by atoms with Crippen molar-refractivity contribution in [2.24, 2.45) is 5.92 Å². The van der Waals surface area contributed by atoms with E-state index in [1.807, 2.05) is 0 Å². The van der Waals surface area contributed by atoms with E-state index in [-0.39, 0.29) is 5.82 Å². The lowest BCUT2D eigenvalue weighted by Crippen LogP contribution is -2.31.